The summed E-state index contributed by atoms with van der Waals surface area (Å²) in [5.41, 5.74) is 7.93. The lowest BCUT2D eigenvalue weighted by Gasteiger charge is -2.47. The Morgan fingerprint density at radius 2 is 1.23 bits per heavy atom. The number of phenols is 3. The van der Waals surface area contributed by atoms with Crippen LogP contribution in [-0.4, -0.2) is 59.7 Å². The quantitative estimate of drug-likeness (QED) is 0.0614. The van der Waals surface area contributed by atoms with Crippen molar-refractivity contribution in [2.24, 2.45) is 11.8 Å². The van der Waals surface area contributed by atoms with Gasteiger partial charge in [-0.15, -0.1) is 0 Å². The van der Waals surface area contributed by atoms with E-state index in [0.29, 0.717) is 63.5 Å². The summed E-state index contributed by atoms with van der Waals surface area (Å²) in [4.78, 5) is 35.4. The normalized spacial score (nSPS) is 20.9. The second-order valence-corrected chi connectivity index (χ2v) is 22.9. The molecule has 398 valence electrons. The van der Waals surface area contributed by atoms with Crippen molar-refractivity contribution >= 4 is 17.9 Å². The fourth-order valence-electron chi connectivity index (χ4n) is 12.4. The van der Waals surface area contributed by atoms with E-state index in [9.17, 15) is 45.0 Å². The molecule has 6 N–H and O–H groups in total. The van der Waals surface area contributed by atoms with E-state index in [1.165, 1.54) is 11.1 Å². The smallest absolute Gasteiger partial charge is 0.339 e. The number of carboxylic acids is 3. The van der Waals surface area contributed by atoms with Gasteiger partial charge < -0.3 is 44.8 Å². The largest absolute Gasteiger partial charge is 0.507 e. The molecule has 5 aliphatic rings. The minimum Gasteiger partial charge on any atom is -0.507 e. The van der Waals surface area contributed by atoms with E-state index in [2.05, 4.69) is 53.7 Å². The van der Waals surface area contributed by atoms with Crippen LogP contribution < -0.4 is 14.2 Å². The Balaban J connectivity index is 0.000000163. The lowest BCUT2D eigenvalue weighted by molar-refractivity contribution is 0.00731. The molecule has 0 spiro atoms. The SMILES string of the molecule is CC1=C[C@H]2c3c(O)cc(C)c(C(=O)O)c3OC(C)(C)[C@@H]2CC1.CCCCCc1cc2c(c(O)c1C(=O)O)-c1cc(C)ccc1C(C)(C)O2.CCCCCc1cc2c(c(O)c1C(=O)O)[C@@H]1CC(C)=CC[C@H]1C(C)(C)O2. The van der Waals surface area contributed by atoms with Crippen LogP contribution in [0.25, 0.3) is 11.1 Å². The monoisotopic (exact) mass is 1010 g/mol. The van der Waals surface area contributed by atoms with Crippen LogP contribution in [0.1, 0.15) is 215 Å². The fourth-order valence-corrected chi connectivity index (χ4v) is 12.4. The average molecular weight is 1020 g/mol. The molecule has 4 aromatic carbocycles. The van der Waals surface area contributed by atoms with Crippen molar-refractivity contribution in [2.45, 2.75) is 189 Å². The van der Waals surface area contributed by atoms with Gasteiger partial charge in [0, 0.05) is 40.4 Å². The Hall–Kier alpha value is -6.43. The maximum atomic E-state index is 11.9. The maximum Gasteiger partial charge on any atom is 0.339 e. The predicted molar refractivity (Wildman–Crippen MR) is 288 cm³/mol. The van der Waals surface area contributed by atoms with E-state index in [0.717, 1.165) is 80.9 Å². The molecule has 0 unspecified atom stereocenters. The number of hydrogen-bond acceptors (Lipinski definition) is 9. The van der Waals surface area contributed by atoms with Gasteiger partial charge in [0.15, 0.2) is 0 Å². The molecule has 74 heavy (non-hydrogen) atoms. The number of phenolic OH excluding ortho intramolecular Hbond substituents is 1. The molecule has 0 radical (unpaired) electrons. The summed E-state index contributed by atoms with van der Waals surface area (Å²) in [7, 11) is 0. The van der Waals surface area contributed by atoms with Crippen LogP contribution in [0.4, 0.5) is 0 Å². The molecule has 4 atom stereocenters. The van der Waals surface area contributed by atoms with Crippen molar-refractivity contribution in [3.63, 3.8) is 0 Å². The van der Waals surface area contributed by atoms with Gasteiger partial charge in [-0.2, -0.15) is 0 Å². The van der Waals surface area contributed by atoms with Gasteiger partial charge in [-0.25, -0.2) is 14.4 Å². The van der Waals surface area contributed by atoms with Crippen LogP contribution in [0.15, 0.2) is 59.7 Å². The first-order chi connectivity index (χ1) is 34.7. The van der Waals surface area contributed by atoms with Crippen LogP contribution >= 0.6 is 0 Å². The highest BCUT2D eigenvalue weighted by Crippen LogP contribution is 2.57. The summed E-state index contributed by atoms with van der Waals surface area (Å²) >= 11 is 0. The first-order valence-corrected chi connectivity index (χ1v) is 26.6. The van der Waals surface area contributed by atoms with Crippen LogP contribution in [-0.2, 0) is 18.4 Å². The molecular formula is C62H78O12. The number of carbonyl (C=O) groups is 3. The van der Waals surface area contributed by atoms with E-state index in [1.807, 2.05) is 58.9 Å². The first kappa shape index (κ1) is 55.3. The minimum atomic E-state index is -1.10. The van der Waals surface area contributed by atoms with E-state index in [4.69, 9.17) is 14.2 Å². The highest BCUT2D eigenvalue weighted by molar-refractivity contribution is 5.98. The molecule has 12 heteroatoms. The summed E-state index contributed by atoms with van der Waals surface area (Å²) in [6, 6.07) is 11.2. The standard InChI is InChI=1S/C22H30O4.C22H26O4.C18H22O4/c2*1-5-6-7-8-14-12-17-19(20(23)18(14)21(24)25)15-11-13(2)9-10-16(15)22(3,4)26-17;1-9-5-6-12-11(7-9)15-13(19)8-10(2)14(17(20)21)16(15)22-18(12,3)4/h9,12,15-16,23H,5-8,10-11H2,1-4H3,(H,24,25);9-12,23H,5-8H2,1-4H3,(H,24,25);7-8,11-12,19H,5-6H2,1-4H3,(H,20,21)/t15-,16-;;11-,12-/m1.1/s1. The zero-order chi connectivity index (χ0) is 54.4. The summed E-state index contributed by atoms with van der Waals surface area (Å²) in [5.74, 6) is -1.18. The van der Waals surface area contributed by atoms with E-state index in [-0.39, 0.29) is 63.2 Å². The topological polar surface area (TPSA) is 200 Å². The molecule has 0 aromatic heterocycles. The Bertz CT molecular complexity index is 2910. The number of ether oxygens (including phenoxy) is 3. The lowest BCUT2D eigenvalue weighted by Crippen LogP contribution is -2.45. The number of aromatic hydroxyl groups is 3. The number of fused-ring (bicyclic) bond motifs is 9. The molecular weight excluding hydrogens is 937 g/mol. The van der Waals surface area contributed by atoms with Crippen LogP contribution in [0.2, 0.25) is 0 Å². The van der Waals surface area contributed by atoms with Crippen LogP contribution in [0.5, 0.6) is 34.5 Å². The van der Waals surface area contributed by atoms with Gasteiger partial charge in [-0.3, -0.25) is 0 Å². The third-order valence-corrected chi connectivity index (χ3v) is 16.1. The number of carboxylic acid groups (broad SMARTS) is 3. The van der Waals surface area contributed by atoms with Crippen molar-refractivity contribution in [3.05, 3.63) is 115 Å². The fraction of sp³-hybridized carbons (Fsp3) is 0.500. The summed E-state index contributed by atoms with van der Waals surface area (Å²) in [6.07, 6.45) is 15.4. The molecule has 0 fully saturated rings. The van der Waals surface area contributed by atoms with Gasteiger partial charge in [0.1, 0.15) is 68.0 Å². The van der Waals surface area contributed by atoms with Crippen molar-refractivity contribution in [2.75, 3.05) is 0 Å². The molecule has 4 aromatic rings. The summed E-state index contributed by atoms with van der Waals surface area (Å²) in [6.45, 7) is 24.3. The average Bonchev–Trinajstić information content (AvgIpc) is 3.28. The third-order valence-electron chi connectivity index (χ3n) is 16.1. The highest BCUT2D eigenvalue weighted by Gasteiger charge is 2.48. The zero-order valence-corrected chi connectivity index (χ0v) is 45.5. The van der Waals surface area contributed by atoms with Crippen LogP contribution in [0.3, 0.4) is 0 Å². The van der Waals surface area contributed by atoms with Crippen molar-refractivity contribution in [1.29, 1.82) is 0 Å². The second kappa shape index (κ2) is 21.4. The second-order valence-electron chi connectivity index (χ2n) is 22.9. The Labute approximate surface area is 437 Å². The minimum absolute atomic E-state index is 0.00406. The third kappa shape index (κ3) is 10.7. The van der Waals surface area contributed by atoms with Gasteiger partial charge in [0.2, 0.25) is 0 Å². The Morgan fingerprint density at radius 1 is 0.649 bits per heavy atom. The molecule has 12 nitrogen and oxygen atoms in total. The van der Waals surface area contributed by atoms with E-state index in [1.54, 1.807) is 19.1 Å². The summed E-state index contributed by atoms with van der Waals surface area (Å²) < 4.78 is 18.6. The number of hydrogen-bond donors (Lipinski definition) is 6. The molecule has 3 heterocycles. The number of aryl methyl sites for hydroxylation is 4. The molecule has 9 rings (SSSR count). The highest BCUT2D eigenvalue weighted by atomic mass is 16.5. The number of rotatable bonds is 11. The molecule has 0 bridgehead atoms. The van der Waals surface area contributed by atoms with Gasteiger partial charge >= 0.3 is 17.9 Å². The number of benzene rings is 4. The van der Waals surface area contributed by atoms with Gasteiger partial charge in [0.05, 0.1) is 5.56 Å². The van der Waals surface area contributed by atoms with Crippen molar-refractivity contribution < 1.29 is 59.2 Å². The predicted octanol–water partition coefficient (Wildman–Crippen LogP) is 14.9. The van der Waals surface area contributed by atoms with Crippen molar-refractivity contribution in [1.82, 2.24) is 0 Å². The number of allylic oxidation sites excluding steroid dienone is 4. The molecule has 0 saturated carbocycles. The lowest BCUT2D eigenvalue weighted by atomic mass is 9.66. The van der Waals surface area contributed by atoms with E-state index >= 15 is 0 Å². The zero-order valence-electron chi connectivity index (χ0n) is 45.5. The molecule has 2 aliphatic carbocycles. The van der Waals surface area contributed by atoms with Crippen LogP contribution in [0, 0.1) is 25.7 Å². The molecule has 0 amide bonds. The number of aromatic carboxylic acids is 3. The number of unbranched alkanes of at least 4 members (excludes halogenated alkanes) is 4. The Morgan fingerprint density at radius 3 is 1.82 bits per heavy atom. The maximum absolute atomic E-state index is 11.9. The van der Waals surface area contributed by atoms with E-state index < -0.39 is 29.1 Å². The Kier molecular flexibility index (Phi) is 16.0. The van der Waals surface area contributed by atoms with Gasteiger partial charge in [0.25, 0.3) is 0 Å². The van der Waals surface area contributed by atoms with Gasteiger partial charge in [-0.05, 0) is 161 Å². The first-order valence-electron chi connectivity index (χ1n) is 26.6. The van der Waals surface area contributed by atoms with Crippen molar-refractivity contribution in [3.8, 4) is 45.6 Å². The molecule has 3 aliphatic heterocycles. The van der Waals surface area contributed by atoms with Gasteiger partial charge in [-0.1, -0.05) is 86.6 Å². The summed E-state index contributed by atoms with van der Waals surface area (Å²) in [5, 5.41) is 61.3. The molecule has 0 saturated heterocycles.